The maximum absolute atomic E-state index is 12.8. The molecule has 0 fully saturated rings. The fourth-order valence-corrected chi connectivity index (χ4v) is 2.95. The van der Waals surface area contributed by atoms with Gasteiger partial charge in [0, 0.05) is 29.1 Å². The van der Waals surface area contributed by atoms with E-state index in [1.807, 2.05) is 6.92 Å². The minimum atomic E-state index is -4.50. The average Bonchev–Trinajstić information content (AvgIpc) is 2.82. The van der Waals surface area contributed by atoms with Gasteiger partial charge in [0.25, 0.3) is 11.8 Å². The second-order valence-corrected chi connectivity index (χ2v) is 7.13. The van der Waals surface area contributed by atoms with Crippen LogP contribution in [0.4, 0.5) is 24.5 Å². The van der Waals surface area contributed by atoms with Gasteiger partial charge in [-0.1, -0.05) is 6.07 Å². The Kier molecular flexibility index (Phi) is 8.26. The maximum atomic E-state index is 12.8. The highest BCUT2D eigenvalue weighted by Crippen LogP contribution is 2.30. The van der Waals surface area contributed by atoms with E-state index in [1.165, 1.54) is 36.4 Å². The lowest BCUT2D eigenvalue weighted by molar-refractivity contribution is -0.137. The molecule has 0 aliphatic rings. The van der Waals surface area contributed by atoms with Gasteiger partial charge in [0.1, 0.15) is 12.4 Å². The lowest BCUT2D eigenvalue weighted by atomic mass is 10.1. The van der Waals surface area contributed by atoms with Crippen molar-refractivity contribution in [1.29, 1.82) is 0 Å². The second kappa shape index (κ2) is 11.3. The molecule has 0 radical (unpaired) electrons. The molecule has 2 amide bonds. The molecule has 34 heavy (non-hydrogen) atoms. The molecule has 178 valence electrons. The van der Waals surface area contributed by atoms with E-state index in [2.05, 4.69) is 10.6 Å². The largest absolute Gasteiger partial charge is 0.491 e. The molecule has 3 rings (SSSR count). The fraction of sp³-hybridized carbons (Fsp3) is 0.200. The molecule has 0 spiro atoms. The molecule has 0 aromatic heterocycles. The van der Waals surface area contributed by atoms with Crippen molar-refractivity contribution in [2.45, 2.75) is 13.1 Å². The monoisotopic (exact) mass is 472 g/mol. The first-order valence-corrected chi connectivity index (χ1v) is 10.5. The zero-order valence-corrected chi connectivity index (χ0v) is 18.3. The quantitative estimate of drug-likeness (QED) is 0.396. The molecule has 0 heterocycles. The van der Waals surface area contributed by atoms with Gasteiger partial charge >= 0.3 is 6.18 Å². The number of carbonyl (C=O) groups excluding carboxylic acids is 2. The third-order valence-corrected chi connectivity index (χ3v) is 4.67. The van der Waals surface area contributed by atoms with Gasteiger partial charge in [0.15, 0.2) is 0 Å². The first-order valence-electron chi connectivity index (χ1n) is 10.5. The van der Waals surface area contributed by atoms with Crippen molar-refractivity contribution in [2.75, 3.05) is 30.5 Å². The molecule has 9 heteroatoms. The molecule has 3 aromatic rings. The van der Waals surface area contributed by atoms with Gasteiger partial charge in [-0.25, -0.2) is 0 Å². The Bertz CT molecular complexity index is 1110. The summed E-state index contributed by atoms with van der Waals surface area (Å²) >= 11 is 0. The number of halogens is 3. The van der Waals surface area contributed by atoms with Crippen LogP contribution in [0.2, 0.25) is 0 Å². The Balaban J connectivity index is 1.56. The van der Waals surface area contributed by atoms with Crippen molar-refractivity contribution in [3.8, 4) is 5.75 Å². The van der Waals surface area contributed by atoms with Crippen LogP contribution in [-0.2, 0) is 10.9 Å². The zero-order valence-electron chi connectivity index (χ0n) is 18.3. The number of rotatable bonds is 9. The molecule has 0 saturated carbocycles. The molecular weight excluding hydrogens is 449 g/mol. The van der Waals surface area contributed by atoms with Crippen molar-refractivity contribution < 1.29 is 32.2 Å². The summed E-state index contributed by atoms with van der Waals surface area (Å²) in [6, 6.07) is 17.0. The molecule has 6 nitrogen and oxygen atoms in total. The number of hydrogen-bond acceptors (Lipinski definition) is 4. The summed E-state index contributed by atoms with van der Waals surface area (Å²) < 4.78 is 49.2. The van der Waals surface area contributed by atoms with Crippen molar-refractivity contribution in [2.24, 2.45) is 0 Å². The summed E-state index contributed by atoms with van der Waals surface area (Å²) in [7, 11) is 0. The predicted octanol–water partition coefficient (Wildman–Crippen LogP) is 5.63. The molecular formula is C25H23F3N2O4. The van der Waals surface area contributed by atoms with Gasteiger partial charge in [-0.2, -0.15) is 13.2 Å². The van der Waals surface area contributed by atoms with Crippen LogP contribution < -0.4 is 15.4 Å². The minimum Gasteiger partial charge on any atom is -0.491 e. The Morgan fingerprint density at radius 2 is 1.38 bits per heavy atom. The number of amides is 2. The SMILES string of the molecule is CCOCCOc1ccc(C(=O)Nc2ccc(C(=O)Nc3cccc(C(F)(F)F)c3)cc2)cc1. The van der Waals surface area contributed by atoms with Gasteiger partial charge < -0.3 is 20.1 Å². The third kappa shape index (κ3) is 7.08. The van der Waals surface area contributed by atoms with Crippen LogP contribution in [0.3, 0.4) is 0 Å². The van der Waals surface area contributed by atoms with Gasteiger partial charge in [0.05, 0.1) is 12.2 Å². The van der Waals surface area contributed by atoms with Gasteiger partial charge in [0.2, 0.25) is 0 Å². The molecule has 0 unspecified atom stereocenters. The topological polar surface area (TPSA) is 76.7 Å². The molecule has 0 aliphatic carbocycles. The van der Waals surface area contributed by atoms with Crippen LogP contribution >= 0.6 is 0 Å². The van der Waals surface area contributed by atoms with E-state index in [4.69, 9.17) is 9.47 Å². The molecule has 2 N–H and O–H groups in total. The third-order valence-electron chi connectivity index (χ3n) is 4.67. The van der Waals surface area contributed by atoms with E-state index in [0.717, 1.165) is 12.1 Å². The van der Waals surface area contributed by atoms with Crippen molar-refractivity contribution in [3.63, 3.8) is 0 Å². The first-order chi connectivity index (χ1) is 16.3. The van der Waals surface area contributed by atoms with E-state index < -0.39 is 17.6 Å². The number of ether oxygens (including phenoxy) is 2. The summed E-state index contributed by atoms with van der Waals surface area (Å²) in [4.78, 5) is 24.8. The van der Waals surface area contributed by atoms with E-state index in [0.29, 0.717) is 36.8 Å². The van der Waals surface area contributed by atoms with Crippen LogP contribution in [0.25, 0.3) is 0 Å². The smallest absolute Gasteiger partial charge is 0.416 e. The van der Waals surface area contributed by atoms with Crippen molar-refractivity contribution >= 4 is 23.2 Å². The van der Waals surface area contributed by atoms with Crippen LogP contribution in [0.15, 0.2) is 72.8 Å². The number of benzene rings is 3. The predicted molar refractivity (Wildman–Crippen MR) is 122 cm³/mol. The van der Waals surface area contributed by atoms with Crippen LogP contribution in [0.5, 0.6) is 5.75 Å². The molecule has 0 aliphatic heterocycles. The highest BCUT2D eigenvalue weighted by Gasteiger charge is 2.30. The summed E-state index contributed by atoms with van der Waals surface area (Å²) in [5.74, 6) is -0.299. The maximum Gasteiger partial charge on any atom is 0.416 e. The van der Waals surface area contributed by atoms with Crippen molar-refractivity contribution in [1.82, 2.24) is 0 Å². The van der Waals surface area contributed by atoms with Crippen LogP contribution in [0, 0.1) is 0 Å². The summed E-state index contributed by atoms with van der Waals surface area (Å²) in [5.41, 5.74) is 0.279. The minimum absolute atomic E-state index is 0.0301. The molecule has 3 aromatic carbocycles. The van der Waals surface area contributed by atoms with E-state index in [9.17, 15) is 22.8 Å². The number of anilines is 2. The van der Waals surface area contributed by atoms with E-state index >= 15 is 0 Å². The second-order valence-electron chi connectivity index (χ2n) is 7.13. The lowest BCUT2D eigenvalue weighted by Crippen LogP contribution is -2.14. The zero-order chi connectivity index (χ0) is 24.6. The van der Waals surface area contributed by atoms with Gasteiger partial charge in [-0.15, -0.1) is 0 Å². The average molecular weight is 472 g/mol. The van der Waals surface area contributed by atoms with Gasteiger partial charge in [-0.05, 0) is 73.7 Å². The fourth-order valence-electron chi connectivity index (χ4n) is 2.95. The summed E-state index contributed by atoms with van der Waals surface area (Å²) in [5, 5.41) is 5.16. The highest BCUT2D eigenvalue weighted by atomic mass is 19.4. The first kappa shape index (κ1) is 24.8. The van der Waals surface area contributed by atoms with Gasteiger partial charge in [-0.3, -0.25) is 9.59 Å². The number of alkyl halides is 3. The van der Waals surface area contributed by atoms with Crippen LogP contribution in [-0.4, -0.2) is 31.6 Å². The van der Waals surface area contributed by atoms with E-state index in [-0.39, 0.29) is 17.2 Å². The van der Waals surface area contributed by atoms with Crippen molar-refractivity contribution in [3.05, 3.63) is 89.5 Å². The summed E-state index contributed by atoms with van der Waals surface area (Å²) in [6.45, 7) is 3.40. The Labute approximate surface area is 194 Å². The van der Waals surface area contributed by atoms with E-state index in [1.54, 1.807) is 24.3 Å². The highest BCUT2D eigenvalue weighted by molar-refractivity contribution is 6.06. The number of hydrogen-bond donors (Lipinski definition) is 2. The molecule has 0 saturated heterocycles. The molecule has 0 atom stereocenters. The Hall–Kier alpha value is -3.85. The normalized spacial score (nSPS) is 11.1. The number of carbonyl (C=O) groups is 2. The summed E-state index contributed by atoms with van der Waals surface area (Å²) in [6.07, 6.45) is -4.50. The molecule has 0 bridgehead atoms. The lowest BCUT2D eigenvalue weighted by Gasteiger charge is -2.11. The number of nitrogens with one attached hydrogen (secondary N) is 2. The Morgan fingerprint density at radius 1 is 0.794 bits per heavy atom. The standard InChI is InChI=1S/C25H23F3N2O4/c1-2-33-14-15-34-22-12-8-18(9-13-22)23(31)29-20-10-6-17(7-11-20)24(32)30-21-5-3-4-19(16-21)25(26,27)28/h3-13,16H,2,14-15H2,1H3,(H,29,31)(H,30,32). The van der Waals surface area contributed by atoms with Crippen LogP contribution in [0.1, 0.15) is 33.2 Å². The Morgan fingerprint density at radius 3 is 1.97 bits per heavy atom.